The standard InChI is InChI=1S/C21H30N6O2/c1-3-26(18-6-7-23-13-18)27(28)19-11-16(12-24-21(19)22)15-4-5-20-17(10-15)14-25(2)8-9-29-20/h4-5,10-12,18,23,28H,3,6-9,13-14H2,1-2H3,(H2,22,24). The largest absolute Gasteiger partial charge is 0.492 e. The third-order valence-corrected chi connectivity index (χ3v) is 5.70. The van der Waals surface area contributed by atoms with Gasteiger partial charge in [0.25, 0.3) is 0 Å². The minimum atomic E-state index is 0.230. The fourth-order valence-electron chi connectivity index (χ4n) is 4.07. The topological polar surface area (TPSA) is 90.1 Å². The number of likely N-dealkylation sites (N-methyl/N-ethyl adjacent to an activating group) is 2. The van der Waals surface area contributed by atoms with Gasteiger partial charge in [0.05, 0.1) is 0 Å². The first-order chi connectivity index (χ1) is 14.1. The summed E-state index contributed by atoms with van der Waals surface area (Å²) in [5.74, 6) is 1.23. The maximum atomic E-state index is 10.9. The number of ether oxygens (including phenoxy) is 1. The van der Waals surface area contributed by atoms with Crippen LogP contribution in [0.5, 0.6) is 5.75 Å². The highest BCUT2D eigenvalue weighted by molar-refractivity contribution is 5.73. The number of anilines is 2. The first kappa shape index (κ1) is 19.9. The lowest BCUT2D eigenvalue weighted by atomic mass is 10.0. The Labute approximate surface area is 171 Å². The summed E-state index contributed by atoms with van der Waals surface area (Å²) in [5, 5.41) is 17.4. The third kappa shape index (κ3) is 4.16. The molecule has 1 atom stereocenters. The Hall–Kier alpha value is -2.39. The molecule has 1 aromatic carbocycles. The zero-order valence-corrected chi connectivity index (χ0v) is 17.1. The Morgan fingerprint density at radius 3 is 2.97 bits per heavy atom. The third-order valence-electron chi connectivity index (χ3n) is 5.70. The van der Waals surface area contributed by atoms with Crippen LogP contribution in [-0.2, 0) is 6.54 Å². The molecule has 1 aromatic heterocycles. The minimum absolute atomic E-state index is 0.230. The van der Waals surface area contributed by atoms with Crippen LogP contribution >= 0.6 is 0 Å². The first-order valence-corrected chi connectivity index (χ1v) is 10.2. The number of hydrazine groups is 1. The Bertz CT molecular complexity index is 855. The molecule has 8 heteroatoms. The van der Waals surface area contributed by atoms with E-state index in [2.05, 4.69) is 28.3 Å². The highest BCUT2D eigenvalue weighted by Crippen LogP contribution is 2.32. The Morgan fingerprint density at radius 1 is 1.34 bits per heavy atom. The molecule has 4 N–H and O–H groups in total. The average Bonchev–Trinajstić information content (AvgIpc) is 3.17. The first-order valence-electron chi connectivity index (χ1n) is 10.2. The average molecular weight is 399 g/mol. The van der Waals surface area contributed by atoms with Gasteiger partial charge in [-0.2, -0.15) is 10.2 Å². The molecule has 0 radical (unpaired) electrons. The molecule has 0 bridgehead atoms. The number of hydrogen-bond donors (Lipinski definition) is 3. The molecule has 0 amide bonds. The Balaban J connectivity index is 1.64. The lowest BCUT2D eigenvalue weighted by Crippen LogP contribution is -2.48. The van der Waals surface area contributed by atoms with Gasteiger partial charge in [-0.1, -0.05) is 13.0 Å². The van der Waals surface area contributed by atoms with Crippen LogP contribution in [0.2, 0.25) is 0 Å². The van der Waals surface area contributed by atoms with Crippen molar-refractivity contribution in [3.05, 3.63) is 36.0 Å². The van der Waals surface area contributed by atoms with E-state index in [-0.39, 0.29) is 6.04 Å². The molecule has 0 aliphatic carbocycles. The van der Waals surface area contributed by atoms with E-state index in [9.17, 15) is 5.21 Å². The van der Waals surface area contributed by atoms with Crippen LogP contribution < -0.4 is 21.0 Å². The molecule has 1 unspecified atom stereocenters. The summed E-state index contributed by atoms with van der Waals surface area (Å²) < 4.78 is 5.86. The van der Waals surface area contributed by atoms with Crippen molar-refractivity contribution in [2.24, 2.45) is 0 Å². The van der Waals surface area contributed by atoms with Crippen molar-refractivity contribution in [2.45, 2.75) is 25.9 Å². The Kier molecular flexibility index (Phi) is 5.86. The molecule has 1 saturated heterocycles. The van der Waals surface area contributed by atoms with E-state index in [1.165, 1.54) is 5.17 Å². The van der Waals surface area contributed by atoms with Gasteiger partial charge in [0.15, 0.2) is 5.82 Å². The number of nitrogens with one attached hydrogen (secondary N) is 1. The predicted molar refractivity (Wildman–Crippen MR) is 114 cm³/mol. The summed E-state index contributed by atoms with van der Waals surface area (Å²) in [6.45, 7) is 6.93. The van der Waals surface area contributed by atoms with Crippen LogP contribution in [0.15, 0.2) is 30.5 Å². The van der Waals surface area contributed by atoms with Crippen LogP contribution in [0.3, 0.4) is 0 Å². The van der Waals surface area contributed by atoms with E-state index in [4.69, 9.17) is 10.5 Å². The van der Waals surface area contributed by atoms with Crippen LogP contribution in [0, 0.1) is 0 Å². The van der Waals surface area contributed by atoms with Gasteiger partial charge in [0.1, 0.15) is 18.0 Å². The van der Waals surface area contributed by atoms with Crippen LogP contribution in [-0.4, -0.2) is 66.0 Å². The van der Waals surface area contributed by atoms with Crippen molar-refractivity contribution in [1.29, 1.82) is 0 Å². The number of nitrogens with zero attached hydrogens (tertiary/aromatic N) is 4. The number of benzene rings is 1. The van der Waals surface area contributed by atoms with Crippen LogP contribution in [0.4, 0.5) is 11.5 Å². The number of nitrogen functional groups attached to an aromatic ring is 1. The van der Waals surface area contributed by atoms with Gasteiger partial charge in [-0.3, -0.25) is 10.1 Å². The quantitative estimate of drug-likeness (QED) is 0.659. The van der Waals surface area contributed by atoms with E-state index < -0.39 is 0 Å². The fraction of sp³-hybridized carbons (Fsp3) is 0.476. The Morgan fingerprint density at radius 2 is 2.21 bits per heavy atom. The van der Waals surface area contributed by atoms with E-state index in [0.717, 1.165) is 55.0 Å². The maximum Gasteiger partial charge on any atom is 0.151 e. The lowest BCUT2D eigenvalue weighted by Gasteiger charge is -2.35. The zero-order valence-electron chi connectivity index (χ0n) is 17.1. The molecule has 4 rings (SSSR count). The van der Waals surface area contributed by atoms with Crippen LogP contribution in [0.25, 0.3) is 11.1 Å². The SMILES string of the molecule is CCN(C1CCNC1)N(O)c1cc(-c2ccc3c(c2)CN(C)CCO3)cnc1N. The normalized spacial score (nSPS) is 19.7. The molecule has 0 saturated carbocycles. The second-order valence-electron chi connectivity index (χ2n) is 7.73. The molecule has 0 spiro atoms. The van der Waals surface area contributed by atoms with Crippen molar-refractivity contribution in [2.75, 3.05) is 50.7 Å². The fourth-order valence-corrected chi connectivity index (χ4v) is 4.07. The molecule has 29 heavy (non-hydrogen) atoms. The summed E-state index contributed by atoms with van der Waals surface area (Å²) >= 11 is 0. The van der Waals surface area contributed by atoms with Gasteiger partial charge in [-0.15, -0.1) is 0 Å². The van der Waals surface area contributed by atoms with Gasteiger partial charge in [0.2, 0.25) is 0 Å². The smallest absolute Gasteiger partial charge is 0.151 e. The van der Waals surface area contributed by atoms with E-state index in [1.807, 2.05) is 30.1 Å². The molecule has 2 aliphatic heterocycles. The molecular formula is C21H30N6O2. The number of rotatable bonds is 5. The van der Waals surface area contributed by atoms with Gasteiger partial charge in [-0.25, -0.2) is 4.98 Å². The summed E-state index contributed by atoms with van der Waals surface area (Å²) in [5.41, 5.74) is 9.70. The number of nitrogens with two attached hydrogens (primary N) is 1. The maximum absolute atomic E-state index is 10.9. The molecule has 8 nitrogen and oxygen atoms in total. The molecule has 2 aliphatic rings. The van der Waals surface area contributed by atoms with Crippen molar-refractivity contribution >= 4 is 11.5 Å². The van der Waals surface area contributed by atoms with E-state index >= 15 is 0 Å². The van der Waals surface area contributed by atoms with Gasteiger partial charge >= 0.3 is 0 Å². The number of pyridine rings is 1. The van der Waals surface area contributed by atoms with Crippen molar-refractivity contribution in [3.63, 3.8) is 0 Å². The summed E-state index contributed by atoms with van der Waals surface area (Å²) in [6, 6.07) is 8.30. The summed E-state index contributed by atoms with van der Waals surface area (Å²) in [4.78, 5) is 6.60. The van der Waals surface area contributed by atoms with E-state index in [0.29, 0.717) is 24.7 Å². The van der Waals surface area contributed by atoms with Crippen molar-refractivity contribution < 1.29 is 9.94 Å². The highest BCUT2D eigenvalue weighted by Gasteiger charge is 2.27. The van der Waals surface area contributed by atoms with Crippen molar-refractivity contribution in [1.82, 2.24) is 20.2 Å². The lowest BCUT2D eigenvalue weighted by molar-refractivity contribution is 0.0410. The predicted octanol–water partition coefficient (Wildman–Crippen LogP) is 1.95. The monoisotopic (exact) mass is 398 g/mol. The molecule has 2 aromatic rings. The molecule has 156 valence electrons. The van der Waals surface area contributed by atoms with Crippen molar-refractivity contribution in [3.8, 4) is 16.9 Å². The number of fused-ring (bicyclic) bond motifs is 1. The molecule has 1 fully saturated rings. The van der Waals surface area contributed by atoms with Crippen LogP contribution in [0.1, 0.15) is 18.9 Å². The van der Waals surface area contributed by atoms with Gasteiger partial charge < -0.3 is 15.8 Å². The molecule has 3 heterocycles. The second-order valence-corrected chi connectivity index (χ2v) is 7.73. The summed E-state index contributed by atoms with van der Waals surface area (Å²) in [6.07, 6.45) is 2.74. The minimum Gasteiger partial charge on any atom is -0.492 e. The highest BCUT2D eigenvalue weighted by atomic mass is 16.6. The number of hydrogen-bond acceptors (Lipinski definition) is 8. The number of aromatic nitrogens is 1. The van der Waals surface area contributed by atoms with Gasteiger partial charge in [-0.05, 0) is 43.8 Å². The van der Waals surface area contributed by atoms with Gasteiger partial charge in [0, 0.05) is 49.5 Å². The molecular weight excluding hydrogens is 368 g/mol. The summed E-state index contributed by atoms with van der Waals surface area (Å²) in [7, 11) is 2.09. The van der Waals surface area contributed by atoms with E-state index in [1.54, 1.807) is 6.20 Å². The second kappa shape index (κ2) is 8.54. The zero-order chi connectivity index (χ0) is 20.4.